The van der Waals surface area contributed by atoms with Crippen molar-refractivity contribution in [1.82, 2.24) is 20.4 Å². The molecule has 1 aliphatic heterocycles. The average Bonchev–Trinajstić information content (AvgIpc) is 3.29. The first-order chi connectivity index (χ1) is 12.1. The third-order valence-electron chi connectivity index (χ3n) is 4.09. The van der Waals surface area contributed by atoms with Gasteiger partial charge in [-0.05, 0) is 25.0 Å². The Kier molecular flexibility index (Phi) is 5.45. The van der Waals surface area contributed by atoms with Crippen LogP contribution in [0.5, 0.6) is 0 Å². The van der Waals surface area contributed by atoms with Gasteiger partial charge in [0.25, 0.3) is 5.91 Å². The lowest BCUT2D eigenvalue weighted by Crippen LogP contribution is -2.32. The lowest BCUT2D eigenvalue weighted by Gasteiger charge is -2.13. The summed E-state index contributed by atoms with van der Waals surface area (Å²) >= 11 is 0. The third-order valence-corrected chi connectivity index (χ3v) is 4.09. The van der Waals surface area contributed by atoms with Crippen LogP contribution in [0.2, 0.25) is 0 Å². The molecule has 1 saturated heterocycles. The molecule has 132 valence electrons. The molecule has 2 amide bonds. The van der Waals surface area contributed by atoms with Crippen LogP contribution in [0, 0.1) is 0 Å². The Bertz CT molecular complexity index is 750. The second kappa shape index (κ2) is 7.94. The quantitative estimate of drug-likeness (QED) is 0.831. The SMILES string of the molecule is CC(=O)NCc1cnn(-c2ccccc2C(=O)NC[C@@H]2CCCO2)c1. The number of para-hydroxylation sites is 1. The van der Waals surface area contributed by atoms with Crippen molar-refractivity contribution >= 4 is 11.8 Å². The Morgan fingerprint density at radius 2 is 2.16 bits per heavy atom. The Hall–Kier alpha value is -2.67. The molecule has 1 aromatic carbocycles. The van der Waals surface area contributed by atoms with Gasteiger partial charge >= 0.3 is 0 Å². The van der Waals surface area contributed by atoms with Crippen molar-refractivity contribution in [2.75, 3.05) is 13.2 Å². The molecule has 0 saturated carbocycles. The minimum atomic E-state index is -0.148. The number of nitrogens with zero attached hydrogens (tertiary/aromatic N) is 2. The standard InChI is InChI=1S/C18H22N4O3/c1-13(23)19-9-14-10-21-22(12-14)17-7-3-2-6-16(17)18(24)20-11-15-5-4-8-25-15/h2-3,6-7,10,12,15H,4-5,8-9,11H2,1H3,(H,19,23)(H,20,24)/t15-/m0/s1. The molecular weight excluding hydrogens is 320 g/mol. The fourth-order valence-electron chi connectivity index (χ4n) is 2.78. The molecule has 0 bridgehead atoms. The van der Waals surface area contributed by atoms with Crippen LogP contribution in [0.3, 0.4) is 0 Å². The molecule has 1 aliphatic rings. The van der Waals surface area contributed by atoms with Crippen LogP contribution in [0.1, 0.15) is 35.7 Å². The van der Waals surface area contributed by atoms with Gasteiger partial charge in [-0.2, -0.15) is 5.10 Å². The van der Waals surface area contributed by atoms with Crippen LogP contribution in [-0.2, 0) is 16.1 Å². The van der Waals surface area contributed by atoms with Gasteiger partial charge in [0.2, 0.25) is 5.91 Å². The van der Waals surface area contributed by atoms with E-state index in [2.05, 4.69) is 15.7 Å². The van der Waals surface area contributed by atoms with Gasteiger partial charge in [-0.15, -0.1) is 0 Å². The molecule has 3 rings (SSSR count). The van der Waals surface area contributed by atoms with Crippen LogP contribution < -0.4 is 10.6 Å². The highest BCUT2D eigenvalue weighted by molar-refractivity contribution is 5.97. The zero-order valence-corrected chi connectivity index (χ0v) is 14.2. The molecule has 0 spiro atoms. The van der Waals surface area contributed by atoms with Gasteiger partial charge in [-0.25, -0.2) is 4.68 Å². The highest BCUT2D eigenvalue weighted by atomic mass is 16.5. The number of hydrogen-bond donors (Lipinski definition) is 2. The zero-order valence-electron chi connectivity index (χ0n) is 14.2. The molecule has 1 aromatic heterocycles. The van der Waals surface area contributed by atoms with Gasteiger partial charge in [0.15, 0.2) is 0 Å². The van der Waals surface area contributed by atoms with E-state index in [9.17, 15) is 9.59 Å². The number of carbonyl (C=O) groups is 2. The molecule has 7 heteroatoms. The molecule has 1 fully saturated rings. The first kappa shape index (κ1) is 17.2. The predicted molar refractivity (Wildman–Crippen MR) is 92.4 cm³/mol. The zero-order chi connectivity index (χ0) is 17.6. The van der Waals surface area contributed by atoms with E-state index < -0.39 is 0 Å². The van der Waals surface area contributed by atoms with Crippen molar-refractivity contribution in [3.63, 3.8) is 0 Å². The smallest absolute Gasteiger partial charge is 0.253 e. The van der Waals surface area contributed by atoms with Gasteiger partial charge in [0.1, 0.15) is 0 Å². The van der Waals surface area contributed by atoms with Crippen molar-refractivity contribution in [1.29, 1.82) is 0 Å². The van der Waals surface area contributed by atoms with E-state index in [0.717, 1.165) is 25.0 Å². The van der Waals surface area contributed by atoms with Crippen LogP contribution in [0.15, 0.2) is 36.7 Å². The van der Waals surface area contributed by atoms with E-state index in [1.54, 1.807) is 16.9 Å². The maximum Gasteiger partial charge on any atom is 0.253 e. The second-order valence-corrected chi connectivity index (χ2v) is 6.07. The number of rotatable bonds is 6. The summed E-state index contributed by atoms with van der Waals surface area (Å²) in [5.41, 5.74) is 2.11. The Balaban J connectivity index is 1.71. The van der Waals surface area contributed by atoms with Crippen LogP contribution in [0.4, 0.5) is 0 Å². The summed E-state index contributed by atoms with van der Waals surface area (Å²) in [5.74, 6) is -0.244. The van der Waals surface area contributed by atoms with E-state index in [0.29, 0.717) is 24.3 Å². The van der Waals surface area contributed by atoms with Crippen LogP contribution >= 0.6 is 0 Å². The van der Waals surface area contributed by atoms with Crippen molar-refractivity contribution in [2.45, 2.75) is 32.4 Å². The molecule has 7 nitrogen and oxygen atoms in total. The van der Waals surface area contributed by atoms with E-state index in [1.165, 1.54) is 6.92 Å². The van der Waals surface area contributed by atoms with Crippen molar-refractivity contribution < 1.29 is 14.3 Å². The topological polar surface area (TPSA) is 85.2 Å². The first-order valence-corrected chi connectivity index (χ1v) is 8.40. The Labute approximate surface area is 146 Å². The summed E-state index contributed by atoms with van der Waals surface area (Å²) in [6.07, 6.45) is 5.61. The van der Waals surface area contributed by atoms with Crippen LogP contribution in [-0.4, -0.2) is 40.9 Å². The van der Waals surface area contributed by atoms with E-state index in [1.807, 2.05) is 24.4 Å². The van der Waals surface area contributed by atoms with E-state index in [-0.39, 0.29) is 17.9 Å². The van der Waals surface area contributed by atoms with Crippen molar-refractivity contribution in [3.8, 4) is 5.69 Å². The molecule has 0 aliphatic carbocycles. The number of carbonyl (C=O) groups excluding carboxylic acids is 2. The number of hydrogen-bond acceptors (Lipinski definition) is 4. The highest BCUT2D eigenvalue weighted by Crippen LogP contribution is 2.16. The second-order valence-electron chi connectivity index (χ2n) is 6.07. The summed E-state index contributed by atoms with van der Waals surface area (Å²) < 4.78 is 7.19. The summed E-state index contributed by atoms with van der Waals surface area (Å²) in [4.78, 5) is 23.6. The summed E-state index contributed by atoms with van der Waals surface area (Å²) in [7, 11) is 0. The maximum atomic E-state index is 12.6. The van der Waals surface area contributed by atoms with Crippen molar-refractivity contribution in [2.24, 2.45) is 0 Å². The predicted octanol–water partition coefficient (Wildman–Crippen LogP) is 1.42. The molecule has 2 aromatic rings. The lowest BCUT2D eigenvalue weighted by atomic mass is 10.1. The molecule has 25 heavy (non-hydrogen) atoms. The van der Waals surface area contributed by atoms with Gasteiger partial charge in [0.05, 0.1) is 23.6 Å². The summed E-state index contributed by atoms with van der Waals surface area (Å²) in [6.45, 7) is 3.16. The Morgan fingerprint density at radius 1 is 1.32 bits per heavy atom. The normalized spacial score (nSPS) is 16.6. The number of nitrogens with one attached hydrogen (secondary N) is 2. The molecule has 2 N–H and O–H groups in total. The molecular formula is C18H22N4O3. The summed E-state index contributed by atoms with van der Waals surface area (Å²) in [6, 6.07) is 7.30. The maximum absolute atomic E-state index is 12.6. The Morgan fingerprint density at radius 3 is 2.92 bits per heavy atom. The van der Waals surface area contributed by atoms with E-state index >= 15 is 0 Å². The lowest BCUT2D eigenvalue weighted by molar-refractivity contribution is -0.119. The monoisotopic (exact) mass is 342 g/mol. The minimum Gasteiger partial charge on any atom is -0.376 e. The minimum absolute atomic E-state index is 0.0957. The number of benzene rings is 1. The van der Waals surface area contributed by atoms with Gasteiger partial charge in [0, 0.05) is 38.4 Å². The molecule has 1 atom stereocenters. The molecule has 2 heterocycles. The fourth-order valence-corrected chi connectivity index (χ4v) is 2.78. The first-order valence-electron chi connectivity index (χ1n) is 8.40. The van der Waals surface area contributed by atoms with Gasteiger partial charge < -0.3 is 15.4 Å². The van der Waals surface area contributed by atoms with Crippen LogP contribution in [0.25, 0.3) is 5.69 Å². The third kappa shape index (κ3) is 4.45. The number of amides is 2. The van der Waals surface area contributed by atoms with Gasteiger partial charge in [-0.1, -0.05) is 12.1 Å². The van der Waals surface area contributed by atoms with Gasteiger partial charge in [-0.3, -0.25) is 9.59 Å². The highest BCUT2D eigenvalue weighted by Gasteiger charge is 2.18. The largest absolute Gasteiger partial charge is 0.376 e. The van der Waals surface area contributed by atoms with E-state index in [4.69, 9.17) is 4.74 Å². The molecule has 0 unspecified atom stereocenters. The summed E-state index contributed by atoms with van der Waals surface area (Å²) in [5, 5.41) is 9.97. The fraction of sp³-hybridized carbons (Fsp3) is 0.389. The average molecular weight is 342 g/mol. The number of aromatic nitrogens is 2. The molecule has 0 radical (unpaired) electrons. The van der Waals surface area contributed by atoms with Crippen molar-refractivity contribution in [3.05, 3.63) is 47.8 Å². The number of ether oxygens (including phenoxy) is 1.